The third-order valence-electron chi connectivity index (χ3n) is 8.09. The predicted molar refractivity (Wildman–Crippen MR) is 135 cm³/mol. The Bertz CT molecular complexity index is 1360. The number of ether oxygens (including phenoxy) is 1. The number of hydrogen-bond acceptors (Lipinski definition) is 5. The summed E-state index contributed by atoms with van der Waals surface area (Å²) in [5.41, 5.74) is 1.25. The molecule has 2 saturated heterocycles. The molecule has 0 aliphatic carbocycles. The summed E-state index contributed by atoms with van der Waals surface area (Å²) in [6.07, 6.45) is 0.958. The van der Waals surface area contributed by atoms with Crippen LogP contribution in [0.1, 0.15) is 57.7 Å². The first kappa shape index (κ1) is 25.1. The zero-order valence-corrected chi connectivity index (χ0v) is 21.3. The molecule has 0 atom stereocenters. The second kappa shape index (κ2) is 9.50. The fourth-order valence-electron chi connectivity index (χ4n) is 5.89. The number of benzene rings is 2. The summed E-state index contributed by atoms with van der Waals surface area (Å²) >= 11 is 0. The van der Waals surface area contributed by atoms with E-state index in [-0.39, 0.29) is 23.1 Å². The number of halogens is 3. The minimum atomic E-state index is -4.54. The summed E-state index contributed by atoms with van der Waals surface area (Å²) in [5.74, 6) is 0.426. The van der Waals surface area contributed by atoms with E-state index in [1.807, 2.05) is 29.8 Å². The van der Waals surface area contributed by atoms with Gasteiger partial charge < -0.3 is 14.2 Å². The van der Waals surface area contributed by atoms with Crippen molar-refractivity contribution >= 4 is 11.6 Å². The smallest absolute Gasteiger partial charge is 0.379 e. The topological polar surface area (TPSA) is 63.5 Å². The number of amides is 1. The molecular formula is C28H30F3N5O2. The zero-order valence-electron chi connectivity index (χ0n) is 21.3. The Kier molecular flexibility index (Phi) is 6.26. The van der Waals surface area contributed by atoms with Crippen molar-refractivity contribution in [3.05, 3.63) is 76.4 Å². The molecule has 200 valence electrons. The quantitative estimate of drug-likeness (QED) is 0.475. The largest absolute Gasteiger partial charge is 0.416 e. The molecule has 2 fully saturated rings. The maximum absolute atomic E-state index is 14.2. The second-order valence-electron chi connectivity index (χ2n) is 10.8. The lowest BCUT2D eigenvalue weighted by Crippen LogP contribution is -2.49. The van der Waals surface area contributed by atoms with E-state index in [4.69, 9.17) is 4.74 Å². The van der Waals surface area contributed by atoms with Gasteiger partial charge in [0.1, 0.15) is 12.2 Å². The SMILES string of the molecule is Cn1cnnc1CC1(c2cccc(N3Cc4c(cc(CN5CCCCC5)cc4C(F)(F)F)C3=O)c2)COC1. The Balaban J connectivity index is 1.31. The second-order valence-corrected chi connectivity index (χ2v) is 10.8. The van der Waals surface area contributed by atoms with Crippen molar-refractivity contribution in [2.24, 2.45) is 7.05 Å². The predicted octanol–water partition coefficient (Wildman–Crippen LogP) is 4.49. The van der Waals surface area contributed by atoms with Crippen molar-refractivity contribution in [3.8, 4) is 0 Å². The van der Waals surface area contributed by atoms with Gasteiger partial charge in [0.15, 0.2) is 0 Å². The van der Waals surface area contributed by atoms with Crippen LogP contribution in [-0.2, 0) is 42.9 Å². The molecule has 1 amide bonds. The van der Waals surface area contributed by atoms with Crippen molar-refractivity contribution in [1.29, 1.82) is 0 Å². The van der Waals surface area contributed by atoms with Crippen LogP contribution >= 0.6 is 0 Å². The van der Waals surface area contributed by atoms with E-state index < -0.39 is 17.6 Å². The molecule has 0 saturated carbocycles. The van der Waals surface area contributed by atoms with Crippen molar-refractivity contribution < 1.29 is 22.7 Å². The standard InChI is InChI=1S/C28H30F3N5O2/c1-34-18-32-33-25(34)13-27(16-38-17-27)20-6-5-7-21(12-20)36-15-23-22(26(36)37)10-19(11-24(23)28(29,30)31)14-35-8-3-2-4-9-35/h5-7,10-12,18H,2-4,8-9,13-17H2,1H3. The van der Waals surface area contributed by atoms with E-state index in [1.54, 1.807) is 18.5 Å². The van der Waals surface area contributed by atoms with Crippen LogP contribution in [0.25, 0.3) is 0 Å². The lowest BCUT2D eigenvalue weighted by Gasteiger charge is -2.42. The molecule has 38 heavy (non-hydrogen) atoms. The number of aromatic nitrogens is 3. The number of aryl methyl sites for hydroxylation is 1. The number of carbonyl (C=O) groups is 1. The van der Waals surface area contributed by atoms with Crippen LogP contribution in [0.2, 0.25) is 0 Å². The fraction of sp³-hybridized carbons (Fsp3) is 0.464. The highest BCUT2D eigenvalue weighted by molar-refractivity contribution is 6.10. The maximum atomic E-state index is 14.2. The van der Waals surface area contributed by atoms with Gasteiger partial charge in [-0.25, -0.2) is 0 Å². The third-order valence-corrected chi connectivity index (χ3v) is 8.09. The Morgan fingerprint density at radius 1 is 1.08 bits per heavy atom. The lowest BCUT2D eigenvalue weighted by molar-refractivity contribution is -0.138. The Labute approximate surface area is 219 Å². The van der Waals surface area contributed by atoms with E-state index in [0.717, 1.165) is 43.7 Å². The number of fused-ring (bicyclic) bond motifs is 1. The highest BCUT2D eigenvalue weighted by atomic mass is 19.4. The van der Waals surface area contributed by atoms with Crippen LogP contribution in [0.15, 0.2) is 42.7 Å². The van der Waals surface area contributed by atoms with E-state index >= 15 is 0 Å². The van der Waals surface area contributed by atoms with Crippen LogP contribution in [0.4, 0.5) is 18.9 Å². The van der Waals surface area contributed by atoms with Gasteiger partial charge in [-0.05, 0) is 66.9 Å². The average Bonchev–Trinajstić information content (AvgIpc) is 3.43. The Morgan fingerprint density at radius 3 is 2.53 bits per heavy atom. The molecule has 10 heteroatoms. The van der Waals surface area contributed by atoms with Crippen LogP contribution in [0.5, 0.6) is 0 Å². The molecule has 3 aliphatic heterocycles. The van der Waals surface area contributed by atoms with Gasteiger partial charge in [0.25, 0.3) is 5.91 Å². The number of rotatable bonds is 6. The number of piperidine rings is 1. The molecule has 0 bridgehead atoms. The molecule has 2 aromatic carbocycles. The van der Waals surface area contributed by atoms with Gasteiger partial charge in [-0.2, -0.15) is 13.2 Å². The summed E-state index contributed by atoms with van der Waals surface area (Å²) in [6.45, 7) is 3.04. The normalized spacial score (nSPS) is 19.5. The highest BCUT2D eigenvalue weighted by Gasteiger charge is 2.43. The van der Waals surface area contributed by atoms with E-state index in [0.29, 0.717) is 37.4 Å². The molecular weight excluding hydrogens is 495 g/mol. The fourth-order valence-corrected chi connectivity index (χ4v) is 5.89. The first-order valence-electron chi connectivity index (χ1n) is 13.0. The average molecular weight is 526 g/mol. The van der Waals surface area contributed by atoms with E-state index in [1.165, 1.54) is 11.0 Å². The molecule has 4 heterocycles. The minimum Gasteiger partial charge on any atom is -0.379 e. The summed E-state index contributed by atoms with van der Waals surface area (Å²) in [6, 6.07) is 10.4. The Morgan fingerprint density at radius 2 is 1.87 bits per heavy atom. The van der Waals surface area contributed by atoms with Gasteiger partial charge in [-0.3, -0.25) is 9.69 Å². The first-order valence-corrected chi connectivity index (χ1v) is 13.0. The Hall–Kier alpha value is -3.24. The number of anilines is 1. The highest BCUT2D eigenvalue weighted by Crippen LogP contribution is 2.41. The van der Waals surface area contributed by atoms with Crippen molar-refractivity contribution in [1.82, 2.24) is 19.7 Å². The molecule has 3 aromatic rings. The summed E-state index contributed by atoms with van der Waals surface area (Å²) in [4.78, 5) is 17.2. The summed E-state index contributed by atoms with van der Waals surface area (Å²) < 4.78 is 50.0. The molecule has 0 spiro atoms. The zero-order chi connectivity index (χ0) is 26.5. The number of carbonyl (C=O) groups excluding carboxylic acids is 1. The third kappa shape index (κ3) is 4.49. The van der Waals surface area contributed by atoms with Gasteiger partial charge in [-0.1, -0.05) is 18.6 Å². The first-order chi connectivity index (χ1) is 18.2. The molecule has 0 N–H and O–H groups in total. The lowest BCUT2D eigenvalue weighted by atomic mass is 9.75. The number of likely N-dealkylation sites (tertiary alicyclic amines) is 1. The van der Waals surface area contributed by atoms with Gasteiger partial charge in [0.05, 0.1) is 25.3 Å². The van der Waals surface area contributed by atoms with E-state index in [9.17, 15) is 18.0 Å². The molecule has 7 nitrogen and oxygen atoms in total. The van der Waals surface area contributed by atoms with Crippen molar-refractivity contribution in [2.75, 3.05) is 31.2 Å². The van der Waals surface area contributed by atoms with Gasteiger partial charge in [0, 0.05) is 36.7 Å². The number of nitrogens with zero attached hydrogens (tertiary/aromatic N) is 5. The van der Waals surface area contributed by atoms with Crippen LogP contribution in [-0.4, -0.2) is 51.9 Å². The van der Waals surface area contributed by atoms with Crippen LogP contribution in [0, 0.1) is 0 Å². The minimum absolute atomic E-state index is 0.0519. The van der Waals surface area contributed by atoms with Gasteiger partial charge in [-0.15, -0.1) is 10.2 Å². The molecule has 3 aliphatic rings. The van der Waals surface area contributed by atoms with Gasteiger partial charge in [0.2, 0.25) is 0 Å². The molecule has 1 aromatic heterocycles. The number of alkyl halides is 3. The van der Waals surface area contributed by atoms with Crippen LogP contribution < -0.4 is 4.90 Å². The van der Waals surface area contributed by atoms with Crippen molar-refractivity contribution in [2.45, 2.75) is 50.4 Å². The maximum Gasteiger partial charge on any atom is 0.416 e. The summed E-state index contributed by atoms with van der Waals surface area (Å²) in [7, 11) is 1.89. The van der Waals surface area contributed by atoms with E-state index in [2.05, 4.69) is 15.1 Å². The van der Waals surface area contributed by atoms with Crippen LogP contribution in [0.3, 0.4) is 0 Å². The van der Waals surface area contributed by atoms with Gasteiger partial charge >= 0.3 is 6.18 Å². The molecule has 0 radical (unpaired) electrons. The monoisotopic (exact) mass is 525 g/mol. The summed E-state index contributed by atoms with van der Waals surface area (Å²) in [5, 5.41) is 8.18. The molecule has 6 rings (SSSR count). The van der Waals surface area contributed by atoms with Crippen molar-refractivity contribution in [3.63, 3.8) is 0 Å². The number of hydrogen-bond donors (Lipinski definition) is 0. The molecule has 0 unspecified atom stereocenters.